The first kappa shape index (κ1) is 26.7. The Morgan fingerprint density at radius 1 is 1.10 bits per heavy atom. The van der Waals surface area contributed by atoms with Gasteiger partial charge in [-0.3, -0.25) is 4.79 Å². The maximum Gasteiger partial charge on any atom is 0.246 e. The van der Waals surface area contributed by atoms with Crippen LogP contribution in [0.3, 0.4) is 0 Å². The Hall–Kier alpha value is -4.86. The van der Waals surface area contributed by atoms with Crippen molar-refractivity contribution >= 4 is 28.6 Å². The molecule has 10 nitrogen and oxygen atoms in total. The molecular weight excluding hydrogens is 504 g/mol. The van der Waals surface area contributed by atoms with E-state index >= 15 is 0 Å². The molecule has 1 N–H and O–H groups in total. The number of pyridine rings is 1. The van der Waals surface area contributed by atoms with Crippen molar-refractivity contribution in [3.05, 3.63) is 90.6 Å². The van der Waals surface area contributed by atoms with Gasteiger partial charge in [0.25, 0.3) is 0 Å². The highest BCUT2D eigenvalue weighted by Crippen LogP contribution is 2.32. The van der Waals surface area contributed by atoms with Gasteiger partial charge in [-0.05, 0) is 62.7 Å². The third-order valence-electron chi connectivity index (χ3n) is 6.75. The van der Waals surface area contributed by atoms with Crippen molar-refractivity contribution in [2.24, 2.45) is 12.0 Å². The fraction of sp³-hybridized carbons (Fsp3) is 0.267. The van der Waals surface area contributed by atoms with Crippen LogP contribution in [0.25, 0.3) is 5.52 Å². The minimum Gasteiger partial charge on any atom is -0.457 e. The van der Waals surface area contributed by atoms with Crippen LogP contribution < -0.4 is 20.4 Å². The first-order valence-corrected chi connectivity index (χ1v) is 13.2. The van der Waals surface area contributed by atoms with E-state index in [1.54, 1.807) is 0 Å². The number of amides is 1. The van der Waals surface area contributed by atoms with Gasteiger partial charge in [-0.25, -0.2) is 14.5 Å². The van der Waals surface area contributed by atoms with E-state index in [9.17, 15) is 4.79 Å². The van der Waals surface area contributed by atoms with E-state index in [1.807, 2.05) is 96.8 Å². The van der Waals surface area contributed by atoms with Crippen LogP contribution in [0.4, 0.5) is 17.2 Å². The summed E-state index contributed by atoms with van der Waals surface area (Å²) in [7, 11) is 1.96. The number of carbonyl (C=O) groups is 1. The number of ether oxygens (including phenoxy) is 1. The summed E-state index contributed by atoms with van der Waals surface area (Å²) in [5.41, 5.74) is 5.70. The minimum absolute atomic E-state index is 0.0321. The highest BCUT2D eigenvalue weighted by Gasteiger charge is 2.23. The first-order valence-electron chi connectivity index (χ1n) is 13.2. The summed E-state index contributed by atoms with van der Waals surface area (Å²) in [5, 5.41) is 7.87. The lowest BCUT2D eigenvalue weighted by Crippen LogP contribution is -2.48. The summed E-state index contributed by atoms with van der Waals surface area (Å²) in [6, 6.07) is 11.8. The molecule has 0 atom stereocenters. The fourth-order valence-electron chi connectivity index (χ4n) is 4.61. The second-order valence-corrected chi connectivity index (χ2v) is 9.99. The second-order valence-electron chi connectivity index (χ2n) is 9.99. The molecular formula is C30H34N8O2. The van der Waals surface area contributed by atoms with E-state index in [0.29, 0.717) is 24.7 Å². The van der Waals surface area contributed by atoms with Gasteiger partial charge in [0.2, 0.25) is 5.91 Å². The normalized spacial score (nSPS) is 13.8. The number of aryl methyl sites for hydroxylation is 2. The summed E-state index contributed by atoms with van der Waals surface area (Å²) in [6.07, 6.45) is 8.62. The van der Waals surface area contributed by atoms with Gasteiger partial charge in [0.05, 0.1) is 5.69 Å². The largest absolute Gasteiger partial charge is 0.457 e. The highest BCUT2D eigenvalue weighted by atomic mass is 16.5. The van der Waals surface area contributed by atoms with Crippen molar-refractivity contribution in [1.29, 1.82) is 0 Å². The van der Waals surface area contributed by atoms with Gasteiger partial charge >= 0.3 is 0 Å². The summed E-state index contributed by atoms with van der Waals surface area (Å²) in [6.45, 7) is 12.4. The van der Waals surface area contributed by atoms with Gasteiger partial charge in [-0.1, -0.05) is 12.2 Å². The maximum absolute atomic E-state index is 12.0. The van der Waals surface area contributed by atoms with Crippen LogP contribution in [0.1, 0.15) is 19.4 Å². The molecule has 40 heavy (non-hydrogen) atoms. The molecule has 0 radical (unpaired) electrons. The Bertz CT molecular complexity index is 1650. The number of allylic oxidation sites excluding steroid dienone is 1. The van der Waals surface area contributed by atoms with Gasteiger partial charge in [0, 0.05) is 63.6 Å². The SMILES string of the molecule is C=CC(=O)N1CCN(c2ccn3ncnc(Nc4ccc(Oc5ccn(C)c(=NC=C(C)C)c5)c(C)c4)c23)CC1. The van der Waals surface area contributed by atoms with E-state index in [2.05, 4.69) is 31.9 Å². The molecule has 0 aliphatic carbocycles. The van der Waals surface area contributed by atoms with E-state index in [-0.39, 0.29) is 5.91 Å². The van der Waals surface area contributed by atoms with E-state index < -0.39 is 0 Å². The number of aromatic nitrogens is 4. The Balaban J connectivity index is 1.36. The number of hydrogen-bond donors (Lipinski definition) is 1. The first-order chi connectivity index (χ1) is 19.3. The van der Waals surface area contributed by atoms with Crippen LogP contribution in [0.5, 0.6) is 11.5 Å². The molecule has 5 rings (SSSR count). The molecule has 0 saturated carbocycles. The molecule has 1 amide bonds. The molecule has 4 heterocycles. The number of nitrogens with one attached hydrogen (secondary N) is 1. The van der Waals surface area contributed by atoms with Crippen molar-refractivity contribution in [2.45, 2.75) is 20.8 Å². The van der Waals surface area contributed by atoms with E-state index in [1.165, 1.54) is 12.4 Å². The zero-order chi connectivity index (χ0) is 28.2. The van der Waals surface area contributed by atoms with Crippen molar-refractivity contribution in [3.63, 3.8) is 0 Å². The zero-order valence-electron chi connectivity index (χ0n) is 23.3. The standard InChI is InChI=1S/C30H34N8O2/c1-6-28(39)37-15-13-36(14-16-37)25-10-12-38-29(25)30(32-20-33-38)34-23-7-8-26(22(4)17-23)40-24-9-11-35(5)27(18-24)31-19-21(2)3/h6-12,17-20H,1,13-16H2,2-5H3,(H,32,33,34). The second kappa shape index (κ2) is 11.5. The molecule has 1 aliphatic rings. The average molecular weight is 539 g/mol. The molecule has 1 saturated heterocycles. The fourth-order valence-corrected chi connectivity index (χ4v) is 4.61. The predicted octanol–water partition coefficient (Wildman–Crippen LogP) is 4.57. The molecule has 4 aromatic rings. The summed E-state index contributed by atoms with van der Waals surface area (Å²) in [5.74, 6) is 2.15. The van der Waals surface area contributed by atoms with Crippen LogP contribution in [0.2, 0.25) is 0 Å². The highest BCUT2D eigenvalue weighted by molar-refractivity contribution is 5.88. The van der Waals surface area contributed by atoms with Crippen molar-refractivity contribution in [1.82, 2.24) is 24.1 Å². The summed E-state index contributed by atoms with van der Waals surface area (Å²) >= 11 is 0. The lowest BCUT2D eigenvalue weighted by molar-refractivity contribution is -0.126. The molecule has 3 aromatic heterocycles. The topological polar surface area (TPSA) is 92.3 Å². The Morgan fingerprint density at radius 2 is 1.90 bits per heavy atom. The number of anilines is 3. The number of hydrogen-bond acceptors (Lipinski definition) is 7. The number of fused-ring (bicyclic) bond motifs is 1. The summed E-state index contributed by atoms with van der Waals surface area (Å²) < 4.78 is 9.99. The number of rotatable bonds is 7. The van der Waals surface area contributed by atoms with Gasteiger partial charge in [0.15, 0.2) is 5.82 Å². The molecule has 0 bridgehead atoms. The quantitative estimate of drug-likeness (QED) is 0.347. The Morgan fingerprint density at radius 3 is 2.62 bits per heavy atom. The Kier molecular flexibility index (Phi) is 7.68. The van der Waals surface area contributed by atoms with Gasteiger partial charge in [0.1, 0.15) is 28.8 Å². The zero-order valence-corrected chi connectivity index (χ0v) is 23.3. The predicted molar refractivity (Wildman–Crippen MR) is 157 cm³/mol. The number of benzene rings is 1. The molecule has 0 unspecified atom stereocenters. The van der Waals surface area contributed by atoms with Crippen LogP contribution in [0, 0.1) is 6.92 Å². The van der Waals surface area contributed by atoms with Crippen LogP contribution in [-0.2, 0) is 11.8 Å². The smallest absolute Gasteiger partial charge is 0.246 e. The lowest BCUT2D eigenvalue weighted by atomic mass is 10.2. The van der Waals surface area contributed by atoms with Crippen molar-refractivity contribution in [2.75, 3.05) is 36.4 Å². The van der Waals surface area contributed by atoms with Crippen molar-refractivity contribution in [3.8, 4) is 11.5 Å². The molecule has 1 aromatic carbocycles. The van der Waals surface area contributed by atoms with Crippen LogP contribution >= 0.6 is 0 Å². The number of nitrogens with zero attached hydrogens (tertiary/aromatic N) is 7. The molecule has 0 spiro atoms. The maximum atomic E-state index is 12.0. The monoisotopic (exact) mass is 538 g/mol. The van der Waals surface area contributed by atoms with E-state index in [0.717, 1.165) is 52.4 Å². The third-order valence-corrected chi connectivity index (χ3v) is 6.75. The van der Waals surface area contributed by atoms with Gasteiger partial charge < -0.3 is 24.4 Å². The minimum atomic E-state index is -0.0321. The van der Waals surface area contributed by atoms with Crippen LogP contribution in [0.15, 0.2) is 84.5 Å². The van der Waals surface area contributed by atoms with E-state index in [4.69, 9.17) is 4.74 Å². The third kappa shape index (κ3) is 5.75. The average Bonchev–Trinajstić information content (AvgIpc) is 3.39. The number of carbonyl (C=O) groups excluding carboxylic acids is 1. The molecule has 1 aliphatic heterocycles. The van der Waals surface area contributed by atoms with Gasteiger partial charge in [-0.15, -0.1) is 0 Å². The van der Waals surface area contributed by atoms with Crippen LogP contribution in [-0.4, -0.2) is 56.2 Å². The summed E-state index contributed by atoms with van der Waals surface area (Å²) in [4.78, 5) is 25.2. The molecule has 1 fully saturated rings. The molecule has 10 heteroatoms. The van der Waals surface area contributed by atoms with Gasteiger partial charge in [-0.2, -0.15) is 5.10 Å². The number of piperazine rings is 1. The lowest BCUT2D eigenvalue weighted by Gasteiger charge is -2.35. The van der Waals surface area contributed by atoms with Crippen molar-refractivity contribution < 1.29 is 9.53 Å². The molecule has 206 valence electrons. The Labute approximate surface area is 233 Å².